The summed E-state index contributed by atoms with van der Waals surface area (Å²) in [7, 11) is 3.88. The van der Waals surface area contributed by atoms with Crippen molar-refractivity contribution in [3.8, 4) is 0 Å². The van der Waals surface area contributed by atoms with Crippen LogP contribution in [0.2, 0.25) is 0 Å². The molecule has 0 radical (unpaired) electrons. The number of hydrogen-bond acceptors (Lipinski definition) is 3. The predicted octanol–water partition coefficient (Wildman–Crippen LogP) is 0.396. The molecule has 0 unspecified atom stereocenters. The van der Waals surface area contributed by atoms with E-state index in [9.17, 15) is 4.79 Å². The highest BCUT2D eigenvalue weighted by atomic mass is 16.2. The predicted molar refractivity (Wildman–Crippen MR) is 66.4 cm³/mol. The molecular weight excluding hydrogens is 202 g/mol. The van der Waals surface area contributed by atoms with Gasteiger partial charge in [0.1, 0.15) is 0 Å². The number of amides is 1. The second kappa shape index (κ2) is 6.86. The fourth-order valence-corrected chi connectivity index (χ4v) is 2.18. The number of nitrogens with zero attached hydrogens (tertiary/aromatic N) is 2. The topological polar surface area (TPSA) is 35.6 Å². The van der Waals surface area contributed by atoms with E-state index in [2.05, 4.69) is 12.2 Å². The molecule has 4 nitrogen and oxygen atoms in total. The third-order valence-electron chi connectivity index (χ3n) is 3.01. The summed E-state index contributed by atoms with van der Waals surface area (Å²) in [5, 5.41) is 3.37. The van der Waals surface area contributed by atoms with Gasteiger partial charge in [-0.2, -0.15) is 0 Å². The minimum atomic E-state index is 0.270. The number of carbonyl (C=O) groups excluding carboxylic acids is 1. The number of piperidine rings is 1. The average Bonchev–Trinajstić information content (AvgIpc) is 2.26. The molecule has 1 atom stereocenters. The van der Waals surface area contributed by atoms with Crippen molar-refractivity contribution in [1.29, 1.82) is 0 Å². The van der Waals surface area contributed by atoms with Crippen molar-refractivity contribution in [1.82, 2.24) is 15.1 Å². The fraction of sp³-hybridized carbons (Fsp3) is 0.917. The molecule has 4 heteroatoms. The molecule has 1 fully saturated rings. The lowest BCUT2D eigenvalue weighted by Crippen LogP contribution is -2.45. The van der Waals surface area contributed by atoms with Crippen LogP contribution in [0.1, 0.15) is 19.8 Å². The van der Waals surface area contributed by atoms with E-state index in [-0.39, 0.29) is 5.91 Å². The minimum absolute atomic E-state index is 0.270. The minimum Gasteiger partial charge on any atom is -0.341 e. The van der Waals surface area contributed by atoms with Gasteiger partial charge in [0, 0.05) is 13.1 Å². The van der Waals surface area contributed by atoms with E-state index in [1.54, 1.807) is 0 Å². The molecule has 0 bridgehead atoms. The molecule has 0 aliphatic carbocycles. The van der Waals surface area contributed by atoms with Gasteiger partial charge in [0.15, 0.2) is 0 Å². The lowest BCUT2D eigenvalue weighted by Gasteiger charge is -2.33. The zero-order valence-corrected chi connectivity index (χ0v) is 10.8. The number of rotatable bonds is 5. The fourth-order valence-electron chi connectivity index (χ4n) is 2.18. The van der Waals surface area contributed by atoms with Crippen molar-refractivity contribution < 1.29 is 4.79 Å². The van der Waals surface area contributed by atoms with E-state index in [0.29, 0.717) is 12.5 Å². The van der Waals surface area contributed by atoms with Gasteiger partial charge in [0.2, 0.25) is 5.91 Å². The highest BCUT2D eigenvalue weighted by Gasteiger charge is 2.23. The number of carbonyl (C=O) groups is 1. The van der Waals surface area contributed by atoms with Crippen molar-refractivity contribution in [2.45, 2.75) is 19.8 Å². The number of nitrogens with one attached hydrogen (secondary N) is 1. The average molecular weight is 227 g/mol. The van der Waals surface area contributed by atoms with Gasteiger partial charge in [-0.25, -0.2) is 0 Å². The van der Waals surface area contributed by atoms with Crippen molar-refractivity contribution in [2.24, 2.45) is 5.92 Å². The number of hydrogen-bond donors (Lipinski definition) is 1. The maximum Gasteiger partial charge on any atom is 0.236 e. The van der Waals surface area contributed by atoms with Gasteiger partial charge < -0.3 is 15.1 Å². The SMILES string of the molecule is CCNC[C@@H]1CCCN(C(=O)CN(C)C)C1. The van der Waals surface area contributed by atoms with Gasteiger partial charge in [-0.3, -0.25) is 4.79 Å². The summed E-state index contributed by atoms with van der Waals surface area (Å²) in [6, 6.07) is 0. The Morgan fingerprint density at radius 3 is 2.88 bits per heavy atom. The highest BCUT2D eigenvalue weighted by Crippen LogP contribution is 2.15. The highest BCUT2D eigenvalue weighted by molar-refractivity contribution is 5.78. The van der Waals surface area contributed by atoms with Crippen LogP contribution in [0.25, 0.3) is 0 Å². The second-order valence-corrected chi connectivity index (χ2v) is 4.89. The third-order valence-corrected chi connectivity index (χ3v) is 3.01. The Labute approximate surface area is 99.0 Å². The molecule has 16 heavy (non-hydrogen) atoms. The van der Waals surface area contributed by atoms with Gasteiger partial charge in [0.05, 0.1) is 6.54 Å². The van der Waals surface area contributed by atoms with Crippen molar-refractivity contribution in [2.75, 3.05) is 46.8 Å². The molecule has 0 aromatic carbocycles. The molecule has 1 heterocycles. The van der Waals surface area contributed by atoms with E-state index in [4.69, 9.17) is 0 Å². The Morgan fingerprint density at radius 2 is 2.25 bits per heavy atom. The first kappa shape index (κ1) is 13.5. The summed E-state index contributed by atoms with van der Waals surface area (Å²) in [5.74, 6) is 0.908. The first-order chi connectivity index (χ1) is 7.63. The molecule has 0 aromatic heterocycles. The Kier molecular flexibility index (Phi) is 5.77. The molecule has 0 spiro atoms. The van der Waals surface area contributed by atoms with E-state index >= 15 is 0 Å². The van der Waals surface area contributed by atoms with Crippen molar-refractivity contribution in [3.05, 3.63) is 0 Å². The van der Waals surface area contributed by atoms with Crippen LogP contribution in [-0.4, -0.2) is 62.5 Å². The zero-order valence-electron chi connectivity index (χ0n) is 10.8. The van der Waals surface area contributed by atoms with Crippen LogP contribution in [0.5, 0.6) is 0 Å². The first-order valence-electron chi connectivity index (χ1n) is 6.26. The molecule has 1 amide bonds. The summed E-state index contributed by atoms with van der Waals surface area (Å²) in [5.41, 5.74) is 0. The molecular formula is C12H25N3O. The summed E-state index contributed by atoms with van der Waals surface area (Å²) in [4.78, 5) is 15.9. The first-order valence-corrected chi connectivity index (χ1v) is 6.26. The smallest absolute Gasteiger partial charge is 0.236 e. The zero-order chi connectivity index (χ0) is 12.0. The van der Waals surface area contributed by atoms with Crippen molar-refractivity contribution in [3.63, 3.8) is 0 Å². The summed E-state index contributed by atoms with van der Waals surface area (Å²) in [6.07, 6.45) is 2.40. The summed E-state index contributed by atoms with van der Waals surface area (Å²) < 4.78 is 0. The van der Waals surface area contributed by atoms with Crippen LogP contribution in [0, 0.1) is 5.92 Å². The molecule has 0 aromatic rings. The molecule has 0 saturated carbocycles. The van der Waals surface area contributed by atoms with Gasteiger partial charge in [-0.1, -0.05) is 6.92 Å². The largest absolute Gasteiger partial charge is 0.341 e. The van der Waals surface area contributed by atoms with E-state index in [1.165, 1.54) is 6.42 Å². The maximum atomic E-state index is 11.9. The van der Waals surface area contributed by atoms with E-state index in [0.717, 1.165) is 32.6 Å². The second-order valence-electron chi connectivity index (χ2n) is 4.89. The Bertz CT molecular complexity index is 218. The normalized spacial score (nSPS) is 21.5. The quantitative estimate of drug-likeness (QED) is 0.738. The molecule has 1 rings (SSSR count). The lowest BCUT2D eigenvalue weighted by atomic mass is 9.98. The van der Waals surface area contributed by atoms with Gasteiger partial charge in [-0.15, -0.1) is 0 Å². The lowest BCUT2D eigenvalue weighted by molar-refractivity contribution is -0.133. The Hall–Kier alpha value is -0.610. The van der Waals surface area contributed by atoms with Crippen LogP contribution in [-0.2, 0) is 4.79 Å². The van der Waals surface area contributed by atoms with Crippen LogP contribution >= 0.6 is 0 Å². The number of likely N-dealkylation sites (tertiary alicyclic amines) is 1. The standard InChI is InChI=1S/C12H25N3O/c1-4-13-8-11-6-5-7-15(9-11)12(16)10-14(2)3/h11,13H,4-10H2,1-3H3/t11-/m0/s1. The van der Waals surface area contributed by atoms with Gasteiger partial charge in [-0.05, 0) is 45.9 Å². The molecule has 1 aliphatic rings. The van der Waals surface area contributed by atoms with E-state index < -0.39 is 0 Å². The maximum absolute atomic E-state index is 11.9. The van der Waals surface area contributed by atoms with Crippen LogP contribution in [0.15, 0.2) is 0 Å². The van der Waals surface area contributed by atoms with E-state index in [1.807, 2.05) is 23.9 Å². The van der Waals surface area contributed by atoms with Crippen molar-refractivity contribution >= 4 is 5.91 Å². The summed E-state index contributed by atoms with van der Waals surface area (Å²) in [6.45, 7) is 6.59. The summed E-state index contributed by atoms with van der Waals surface area (Å²) >= 11 is 0. The molecule has 1 aliphatic heterocycles. The third kappa shape index (κ3) is 4.49. The Morgan fingerprint density at radius 1 is 1.50 bits per heavy atom. The Balaban J connectivity index is 2.34. The molecule has 94 valence electrons. The monoisotopic (exact) mass is 227 g/mol. The van der Waals surface area contributed by atoms with Gasteiger partial charge >= 0.3 is 0 Å². The van der Waals surface area contributed by atoms with Crippen LogP contribution in [0.4, 0.5) is 0 Å². The number of likely N-dealkylation sites (N-methyl/N-ethyl adjacent to an activating group) is 1. The van der Waals surface area contributed by atoms with Crippen LogP contribution < -0.4 is 5.32 Å². The molecule has 1 N–H and O–H groups in total. The van der Waals surface area contributed by atoms with Gasteiger partial charge in [0.25, 0.3) is 0 Å². The van der Waals surface area contributed by atoms with Crippen LogP contribution in [0.3, 0.4) is 0 Å². The molecule has 1 saturated heterocycles.